The largest absolute Gasteiger partial charge is 0.298 e. The molecule has 3 rings (SSSR count). The summed E-state index contributed by atoms with van der Waals surface area (Å²) in [6.45, 7) is 4.13. The zero-order valence-corrected chi connectivity index (χ0v) is 14.3. The van der Waals surface area contributed by atoms with Gasteiger partial charge in [0.05, 0.1) is 15.8 Å². The standard InChI is InChI=1S/C17H16N2OS2/c1-10-8-9-14-15(11(10)2)18-17(22-14)19-16(20)12-6-4-5-7-13(12)21-3/h4-9H,1-3H3,(H,18,19,20). The van der Waals surface area contributed by atoms with Crippen molar-refractivity contribution >= 4 is 44.4 Å². The molecule has 0 aliphatic rings. The Kier molecular flexibility index (Phi) is 4.18. The molecule has 0 fully saturated rings. The number of fused-ring (bicyclic) bond motifs is 1. The van der Waals surface area contributed by atoms with Gasteiger partial charge in [0.15, 0.2) is 5.13 Å². The molecule has 1 N–H and O–H groups in total. The van der Waals surface area contributed by atoms with Gasteiger partial charge in [0, 0.05) is 4.90 Å². The fourth-order valence-corrected chi connectivity index (χ4v) is 3.79. The number of thiazole rings is 1. The summed E-state index contributed by atoms with van der Waals surface area (Å²) in [6.07, 6.45) is 1.97. The molecule has 0 saturated heterocycles. The third-order valence-corrected chi connectivity index (χ3v) is 5.39. The van der Waals surface area contributed by atoms with Crippen molar-refractivity contribution in [2.75, 3.05) is 11.6 Å². The summed E-state index contributed by atoms with van der Waals surface area (Å²) in [5, 5.41) is 3.57. The van der Waals surface area contributed by atoms with Crippen molar-refractivity contribution in [3.63, 3.8) is 0 Å². The van der Waals surface area contributed by atoms with Crippen LogP contribution in [-0.2, 0) is 0 Å². The van der Waals surface area contributed by atoms with E-state index in [1.165, 1.54) is 22.5 Å². The normalized spacial score (nSPS) is 10.9. The quantitative estimate of drug-likeness (QED) is 0.696. The number of nitrogens with one attached hydrogen (secondary N) is 1. The van der Waals surface area contributed by atoms with Crippen LogP contribution in [0.1, 0.15) is 21.5 Å². The molecular weight excluding hydrogens is 312 g/mol. The van der Waals surface area contributed by atoms with Crippen molar-refractivity contribution in [3.8, 4) is 0 Å². The molecule has 22 heavy (non-hydrogen) atoms. The van der Waals surface area contributed by atoms with Crippen LogP contribution in [0.2, 0.25) is 0 Å². The molecule has 112 valence electrons. The van der Waals surface area contributed by atoms with Crippen LogP contribution in [0.4, 0.5) is 5.13 Å². The zero-order chi connectivity index (χ0) is 15.7. The lowest BCUT2D eigenvalue weighted by Gasteiger charge is -2.05. The highest BCUT2D eigenvalue weighted by Gasteiger charge is 2.14. The summed E-state index contributed by atoms with van der Waals surface area (Å²) < 4.78 is 1.09. The van der Waals surface area contributed by atoms with Gasteiger partial charge in [-0.05, 0) is 49.4 Å². The minimum absolute atomic E-state index is 0.113. The van der Waals surface area contributed by atoms with Gasteiger partial charge in [-0.1, -0.05) is 29.5 Å². The number of thioether (sulfide) groups is 1. The lowest BCUT2D eigenvalue weighted by atomic mass is 10.1. The molecule has 0 unspecified atom stereocenters. The number of hydrogen-bond acceptors (Lipinski definition) is 4. The number of hydrogen-bond donors (Lipinski definition) is 1. The Bertz CT molecular complexity index is 855. The van der Waals surface area contributed by atoms with Crippen LogP contribution in [0.5, 0.6) is 0 Å². The zero-order valence-electron chi connectivity index (χ0n) is 12.6. The fraction of sp³-hybridized carbons (Fsp3) is 0.176. The molecule has 1 aromatic heterocycles. The first-order valence-electron chi connectivity index (χ1n) is 6.91. The molecule has 0 atom stereocenters. The second-order valence-electron chi connectivity index (χ2n) is 5.03. The fourth-order valence-electron chi connectivity index (χ4n) is 2.28. The molecule has 3 nitrogen and oxygen atoms in total. The maximum atomic E-state index is 12.5. The SMILES string of the molecule is CSc1ccccc1C(=O)Nc1nc2c(C)c(C)ccc2s1. The van der Waals surface area contributed by atoms with Crippen LogP contribution in [0.15, 0.2) is 41.3 Å². The number of aryl methyl sites for hydroxylation is 2. The Morgan fingerprint density at radius 1 is 1.18 bits per heavy atom. The minimum atomic E-state index is -0.113. The van der Waals surface area contributed by atoms with Gasteiger partial charge < -0.3 is 0 Å². The highest BCUT2D eigenvalue weighted by Crippen LogP contribution is 2.30. The number of rotatable bonds is 3. The number of carbonyl (C=O) groups is 1. The predicted octanol–water partition coefficient (Wildman–Crippen LogP) is 4.89. The van der Waals surface area contributed by atoms with Gasteiger partial charge in [-0.3, -0.25) is 10.1 Å². The number of aromatic nitrogens is 1. The van der Waals surface area contributed by atoms with Gasteiger partial charge in [0.2, 0.25) is 0 Å². The third-order valence-electron chi connectivity index (χ3n) is 3.66. The summed E-state index contributed by atoms with van der Waals surface area (Å²) in [6, 6.07) is 11.7. The highest BCUT2D eigenvalue weighted by molar-refractivity contribution is 7.98. The first-order chi connectivity index (χ1) is 10.6. The summed E-state index contributed by atoms with van der Waals surface area (Å²) in [4.78, 5) is 18.0. The van der Waals surface area contributed by atoms with E-state index >= 15 is 0 Å². The molecule has 0 aliphatic carbocycles. The molecule has 5 heteroatoms. The first-order valence-corrected chi connectivity index (χ1v) is 8.95. The smallest absolute Gasteiger partial charge is 0.258 e. The number of anilines is 1. The number of amides is 1. The number of benzene rings is 2. The molecule has 2 aromatic carbocycles. The van der Waals surface area contributed by atoms with Gasteiger partial charge in [0.1, 0.15) is 0 Å². The van der Waals surface area contributed by atoms with Crippen LogP contribution in [-0.4, -0.2) is 17.1 Å². The molecule has 3 aromatic rings. The van der Waals surface area contributed by atoms with E-state index in [1.807, 2.05) is 30.5 Å². The number of carbonyl (C=O) groups excluding carboxylic acids is 1. The van der Waals surface area contributed by atoms with Gasteiger partial charge >= 0.3 is 0 Å². The lowest BCUT2D eigenvalue weighted by Crippen LogP contribution is -2.12. The topological polar surface area (TPSA) is 42.0 Å². The Hall–Kier alpha value is -1.85. The van der Waals surface area contributed by atoms with Crippen molar-refractivity contribution in [1.82, 2.24) is 4.98 Å². The van der Waals surface area contributed by atoms with Crippen LogP contribution in [0.3, 0.4) is 0 Å². The van der Waals surface area contributed by atoms with Gasteiger partial charge in [-0.15, -0.1) is 11.8 Å². The van der Waals surface area contributed by atoms with Crippen molar-refractivity contribution in [2.45, 2.75) is 18.7 Å². The minimum Gasteiger partial charge on any atom is -0.298 e. The van der Waals surface area contributed by atoms with E-state index in [1.54, 1.807) is 11.8 Å². The Balaban J connectivity index is 1.93. The van der Waals surface area contributed by atoms with Gasteiger partial charge in [-0.25, -0.2) is 4.98 Å². The maximum Gasteiger partial charge on any atom is 0.258 e. The van der Waals surface area contributed by atoms with E-state index in [-0.39, 0.29) is 5.91 Å². The van der Waals surface area contributed by atoms with E-state index < -0.39 is 0 Å². The molecule has 0 bridgehead atoms. The summed E-state index contributed by atoms with van der Waals surface area (Å²) in [7, 11) is 0. The van der Waals surface area contributed by atoms with Crippen molar-refractivity contribution < 1.29 is 4.79 Å². The maximum absolute atomic E-state index is 12.5. The Morgan fingerprint density at radius 3 is 2.73 bits per heavy atom. The second kappa shape index (κ2) is 6.10. The van der Waals surface area contributed by atoms with Crippen LogP contribution < -0.4 is 5.32 Å². The van der Waals surface area contributed by atoms with Crippen LogP contribution in [0, 0.1) is 13.8 Å². The summed E-state index contributed by atoms with van der Waals surface area (Å²) >= 11 is 3.07. The molecule has 1 amide bonds. The predicted molar refractivity (Wildman–Crippen MR) is 95.3 cm³/mol. The van der Waals surface area contributed by atoms with E-state index in [2.05, 4.69) is 36.3 Å². The molecule has 1 heterocycles. The van der Waals surface area contributed by atoms with E-state index in [9.17, 15) is 4.79 Å². The average molecular weight is 328 g/mol. The first kappa shape index (κ1) is 15.1. The van der Waals surface area contributed by atoms with Crippen molar-refractivity contribution in [1.29, 1.82) is 0 Å². The molecule has 0 spiro atoms. The van der Waals surface area contributed by atoms with Crippen LogP contribution >= 0.6 is 23.1 Å². The second-order valence-corrected chi connectivity index (χ2v) is 6.91. The van der Waals surface area contributed by atoms with Gasteiger partial charge in [0.25, 0.3) is 5.91 Å². The molecule has 0 saturated carbocycles. The van der Waals surface area contributed by atoms with Gasteiger partial charge in [-0.2, -0.15) is 0 Å². The lowest BCUT2D eigenvalue weighted by molar-refractivity contribution is 0.102. The molecule has 0 aliphatic heterocycles. The van der Waals surface area contributed by atoms with E-state index in [4.69, 9.17) is 0 Å². The van der Waals surface area contributed by atoms with Crippen molar-refractivity contribution in [3.05, 3.63) is 53.1 Å². The molecule has 0 radical (unpaired) electrons. The van der Waals surface area contributed by atoms with E-state index in [0.29, 0.717) is 10.7 Å². The van der Waals surface area contributed by atoms with E-state index in [0.717, 1.165) is 15.1 Å². The Labute approximate surface area is 137 Å². The highest BCUT2D eigenvalue weighted by atomic mass is 32.2. The summed E-state index contributed by atoms with van der Waals surface area (Å²) in [5.41, 5.74) is 4.03. The average Bonchev–Trinajstić information content (AvgIpc) is 2.94. The molecular formula is C17H16N2OS2. The summed E-state index contributed by atoms with van der Waals surface area (Å²) in [5.74, 6) is -0.113. The monoisotopic (exact) mass is 328 g/mol. The Morgan fingerprint density at radius 2 is 1.95 bits per heavy atom. The van der Waals surface area contributed by atoms with Crippen molar-refractivity contribution in [2.24, 2.45) is 0 Å². The third kappa shape index (κ3) is 2.74. The van der Waals surface area contributed by atoms with Crippen LogP contribution in [0.25, 0.3) is 10.2 Å². The number of nitrogens with zero attached hydrogens (tertiary/aromatic N) is 1.